The van der Waals surface area contributed by atoms with Crippen LogP contribution in [-0.2, 0) is 34.9 Å². The molecule has 0 saturated carbocycles. The highest BCUT2D eigenvalue weighted by Crippen LogP contribution is 2.41. The molecular formula is C29H64O9Si6. The van der Waals surface area contributed by atoms with E-state index in [1.807, 2.05) is 39.7 Å². The molecule has 0 aromatic heterocycles. The molecular weight excluding hydrogens is 661 g/mol. The van der Waals surface area contributed by atoms with Crippen LogP contribution in [0.2, 0.25) is 78.1 Å². The van der Waals surface area contributed by atoms with Gasteiger partial charge in [-0.05, 0) is 117 Å². The summed E-state index contributed by atoms with van der Waals surface area (Å²) in [5, 5.41) is 8.53. The van der Waals surface area contributed by atoms with Gasteiger partial charge in [-0.3, -0.25) is 0 Å². The maximum atomic E-state index is 11.9. The Balaban J connectivity index is 0.000000840. The number of carbonyl (C=O) groups excluding carboxylic acids is 1. The monoisotopic (exact) mass is 724 g/mol. The maximum absolute atomic E-state index is 11.9. The van der Waals surface area contributed by atoms with Gasteiger partial charge in [-0.1, -0.05) is 39.8 Å². The van der Waals surface area contributed by atoms with Crippen molar-refractivity contribution in [1.82, 2.24) is 0 Å². The summed E-state index contributed by atoms with van der Waals surface area (Å²) in [6.45, 7) is 38.6. The van der Waals surface area contributed by atoms with Gasteiger partial charge >= 0.3 is 37.6 Å². The van der Waals surface area contributed by atoms with Crippen LogP contribution < -0.4 is 0 Å². The lowest BCUT2D eigenvalue weighted by atomic mass is 10.0. The Morgan fingerprint density at radius 3 is 1.77 bits per heavy atom. The predicted molar refractivity (Wildman–Crippen MR) is 195 cm³/mol. The molecule has 258 valence electrons. The van der Waals surface area contributed by atoms with Crippen molar-refractivity contribution in [2.45, 2.75) is 138 Å². The summed E-state index contributed by atoms with van der Waals surface area (Å²) in [7, 11) is -12.6. The van der Waals surface area contributed by atoms with E-state index in [0.29, 0.717) is 23.8 Å². The third-order valence-electron chi connectivity index (χ3n) is 6.77. The number of esters is 1. The third-order valence-corrected chi connectivity index (χ3v) is 29.3. The van der Waals surface area contributed by atoms with E-state index in [4.69, 9.17) is 25.3 Å². The van der Waals surface area contributed by atoms with Crippen molar-refractivity contribution in [3.8, 4) is 0 Å². The summed E-state index contributed by atoms with van der Waals surface area (Å²) >= 11 is 0. The van der Waals surface area contributed by atoms with Gasteiger partial charge in [0, 0.05) is 11.6 Å². The average molecular weight is 725 g/mol. The Kier molecular flexibility index (Phi) is 16.4. The third kappa shape index (κ3) is 15.9. The number of ether oxygens (including phenoxy) is 1. The number of carboxylic acid groups (broad SMARTS) is 1. The van der Waals surface area contributed by atoms with Crippen LogP contribution in [-0.4, -0.2) is 73.9 Å². The highest BCUT2D eigenvalue weighted by molar-refractivity contribution is 6.93. The van der Waals surface area contributed by atoms with Gasteiger partial charge in [0.1, 0.15) is 0 Å². The van der Waals surface area contributed by atoms with Gasteiger partial charge in [0.15, 0.2) is 21.9 Å². The van der Waals surface area contributed by atoms with Crippen molar-refractivity contribution in [3.05, 3.63) is 23.8 Å². The fourth-order valence-corrected chi connectivity index (χ4v) is 32.3. The molecule has 2 atom stereocenters. The Morgan fingerprint density at radius 1 is 0.932 bits per heavy atom. The van der Waals surface area contributed by atoms with E-state index >= 15 is 0 Å². The zero-order valence-corrected chi connectivity index (χ0v) is 37.0. The van der Waals surface area contributed by atoms with Crippen LogP contribution in [0.5, 0.6) is 0 Å². The Bertz CT molecular complexity index is 1010. The van der Waals surface area contributed by atoms with Gasteiger partial charge in [-0.25, -0.2) is 9.59 Å². The zero-order chi connectivity index (χ0) is 35.1. The lowest BCUT2D eigenvalue weighted by Gasteiger charge is -2.53. The molecule has 2 unspecified atom stereocenters. The van der Waals surface area contributed by atoms with Crippen LogP contribution in [0.25, 0.3) is 0 Å². The van der Waals surface area contributed by atoms with Gasteiger partial charge in [0.2, 0.25) is 0 Å². The normalized spacial score (nSPS) is 20.5. The standard InChI is InChI=1S/C15H34O4Si3.C14H30O5Si3/c1-12(2)10-14(13(3)15(16)17)11-22(8,9)19-20(4)18-21(5,6)7;1-10-13(15)16-14(4,11-12(2)3)22(9)18-20(5,6)17-21(7,8)19-22/h12,20H,10-11H2,1-9H3,(H,16,17);10,12H,1,11H2,2-9H3. The second kappa shape index (κ2) is 16.6. The van der Waals surface area contributed by atoms with Crippen molar-refractivity contribution in [2.75, 3.05) is 0 Å². The molecule has 1 N–H and O–H groups in total. The second-order valence-corrected chi connectivity index (χ2v) is 37.6. The van der Waals surface area contributed by atoms with E-state index < -0.39 is 68.8 Å². The SMILES string of the molecule is C=CC(=O)OC(C)(CC(C)C)[Si]1(C)O[Si](C)(C)O[Si](C)(C)O1.CC(C(=O)O)=C(CC(C)C)C[Si](C)(C)O[SiH](C)O[Si](C)(C)C. The lowest BCUT2D eigenvalue weighted by molar-refractivity contribution is -0.149. The van der Waals surface area contributed by atoms with E-state index in [0.717, 1.165) is 18.0 Å². The van der Waals surface area contributed by atoms with Crippen LogP contribution in [0, 0.1) is 11.8 Å². The number of aliphatic carboxylic acids is 1. The largest absolute Gasteiger partial charge is 0.478 e. The van der Waals surface area contributed by atoms with Crippen LogP contribution >= 0.6 is 0 Å². The van der Waals surface area contributed by atoms with Crippen molar-refractivity contribution in [1.29, 1.82) is 0 Å². The minimum atomic E-state index is -2.80. The minimum absolute atomic E-state index is 0.344. The first kappa shape index (κ1) is 43.5. The van der Waals surface area contributed by atoms with Crippen LogP contribution in [0.3, 0.4) is 0 Å². The van der Waals surface area contributed by atoms with Gasteiger partial charge in [0.25, 0.3) is 9.28 Å². The molecule has 0 aromatic rings. The molecule has 0 aliphatic carbocycles. The van der Waals surface area contributed by atoms with E-state index in [-0.39, 0.29) is 0 Å². The first-order valence-electron chi connectivity index (χ1n) is 15.7. The number of hydrogen-bond acceptors (Lipinski definition) is 8. The summed E-state index contributed by atoms with van der Waals surface area (Å²) in [5.74, 6) is -0.461. The Hall–Kier alpha value is -0.479. The van der Waals surface area contributed by atoms with Crippen LogP contribution in [0.4, 0.5) is 0 Å². The minimum Gasteiger partial charge on any atom is -0.478 e. The Morgan fingerprint density at radius 2 is 1.41 bits per heavy atom. The van der Waals surface area contributed by atoms with E-state index in [1.165, 1.54) is 6.08 Å². The van der Waals surface area contributed by atoms with Crippen molar-refractivity contribution < 1.29 is 40.0 Å². The molecule has 1 fully saturated rings. The quantitative estimate of drug-likeness (QED) is 0.108. The highest BCUT2D eigenvalue weighted by Gasteiger charge is 2.63. The molecule has 44 heavy (non-hydrogen) atoms. The topological polar surface area (TPSA) is 110 Å². The second-order valence-electron chi connectivity index (χ2n) is 15.5. The van der Waals surface area contributed by atoms with Crippen molar-refractivity contribution in [3.63, 3.8) is 0 Å². The highest BCUT2D eigenvalue weighted by atomic mass is 28.5. The summed E-state index contributed by atoms with van der Waals surface area (Å²) in [5.41, 5.74) is 1.52. The number of rotatable bonds is 14. The fraction of sp³-hybridized carbons (Fsp3) is 0.793. The summed E-state index contributed by atoms with van der Waals surface area (Å²) in [6.07, 6.45) is 2.70. The van der Waals surface area contributed by atoms with Crippen molar-refractivity contribution >= 4 is 63.5 Å². The molecule has 0 bridgehead atoms. The molecule has 9 nitrogen and oxygen atoms in total. The first-order chi connectivity index (χ1) is 19.5. The molecule has 15 heteroatoms. The number of allylic oxidation sites excluding steroid dienone is 1. The smallest absolute Gasteiger partial charge is 0.362 e. The van der Waals surface area contributed by atoms with E-state index in [1.54, 1.807) is 6.92 Å². The summed E-state index contributed by atoms with van der Waals surface area (Å²) in [6, 6.07) is 0.774. The average Bonchev–Trinajstić information content (AvgIpc) is 2.72. The van der Waals surface area contributed by atoms with Gasteiger partial charge in [-0.15, -0.1) is 0 Å². The fourth-order valence-electron chi connectivity index (χ4n) is 5.70. The number of carboxylic acids is 1. The molecule has 0 amide bonds. The Labute approximate surface area is 275 Å². The number of hydrogen-bond donors (Lipinski definition) is 1. The summed E-state index contributed by atoms with van der Waals surface area (Å²) in [4.78, 5) is 23.2. The van der Waals surface area contributed by atoms with Crippen molar-refractivity contribution in [2.24, 2.45) is 11.8 Å². The van der Waals surface area contributed by atoms with Gasteiger partial charge < -0.3 is 30.4 Å². The molecule has 1 heterocycles. The number of carbonyl (C=O) groups is 2. The molecule has 0 spiro atoms. The molecule has 1 aliphatic rings. The molecule has 0 radical (unpaired) electrons. The van der Waals surface area contributed by atoms with Crippen LogP contribution in [0.15, 0.2) is 23.8 Å². The predicted octanol–water partition coefficient (Wildman–Crippen LogP) is 7.96. The molecule has 1 rings (SSSR count). The lowest BCUT2D eigenvalue weighted by Crippen LogP contribution is -2.74. The van der Waals surface area contributed by atoms with Gasteiger partial charge in [-0.2, -0.15) is 0 Å². The first-order valence-corrected chi connectivity index (χ1v) is 32.3. The zero-order valence-electron chi connectivity index (χ0n) is 30.9. The summed E-state index contributed by atoms with van der Waals surface area (Å²) < 4.78 is 37.0. The maximum Gasteiger partial charge on any atom is 0.362 e. The van der Waals surface area contributed by atoms with Gasteiger partial charge in [0.05, 0.1) is 0 Å². The molecule has 1 aliphatic heterocycles. The molecule has 1 saturated heterocycles. The van der Waals surface area contributed by atoms with Crippen LogP contribution in [0.1, 0.15) is 54.4 Å². The van der Waals surface area contributed by atoms with E-state index in [2.05, 4.69) is 73.6 Å². The van der Waals surface area contributed by atoms with E-state index in [9.17, 15) is 14.7 Å². The molecule has 0 aromatic carbocycles.